The number of rotatable bonds is 6. The summed E-state index contributed by atoms with van der Waals surface area (Å²) in [5.74, 6) is -0.288. The average molecular weight is 301 g/mol. The van der Waals surface area contributed by atoms with Crippen molar-refractivity contribution in [2.24, 2.45) is 0 Å². The molecule has 108 valence electrons. The second-order valence-electron chi connectivity index (χ2n) is 4.69. The summed E-state index contributed by atoms with van der Waals surface area (Å²) in [4.78, 5) is 13.8. The van der Waals surface area contributed by atoms with Crippen molar-refractivity contribution in [3.8, 4) is 0 Å². The van der Waals surface area contributed by atoms with Gasteiger partial charge in [-0.25, -0.2) is 0 Å². The van der Waals surface area contributed by atoms with Gasteiger partial charge >= 0.3 is 0 Å². The van der Waals surface area contributed by atoms with Crippen LogP contribution >= 0.6 is 11.6 Å². The largest absolute Gasteiger partial charge is 0.341 e. The van der Waals surface area contributed by atoms with Crippen molar-refractivity contribution in [1.82, 2.24) is 0 Å². The molecule has 2 aromatic carbocycles. The van der Waals surface area contributed by atoms with Gasteiger partial charge in [0.25, 0.3) is 0 Å². The first-order valence-electron chi connectivity index (χ1n) is 6.83. The first-order chi connectivity index (χ1) is 10.2. The number of halogens is 1. The molecule has 2 aromatic rings. The number of nitrogens with zero attached hydrogens (tertiary/aromatic N) is 1. The van der Waals surface area contributed by atoms with Gasteiger partial charge < -0.3 is 10.3 Å². The van der Waals surface area contributed by atoms with Crippen molar-refractivity contribution in [2.75, 3.05) is 11.4 Å². The Morgan fingerprint density at radius 2 is 1.90 bits per heavy atom. The van der Waals surface area contributed by atoms with Crippen LogP contribution in [0.5, 0.6) is 0 Å². The van der Waals surface area contributed by atoms with Gasteiger partial charge in [-0.2, -0.15) is 0 Å². The van der Waals surface area contributed by atoms with E-state index < -0.39 is 0 Å². The number of hydrogen-bond donors (Lipinski definition) is 1. The van der Waals surface area contributed by atoms with Crippen LogP contribution in [0.2, 0.25) is 5.02 Å². The zero-order valence-corrected chi connectivity index (χ0v) is 12.6. The molecule has 0 aliphatic carbocycles. The Hall–Kier alpha value is -2.13. The monoisotopic (exact) mass is 300 g/mol. The molecule has 0 aliphatic rings. The molecule has 0 aliphatic heterocycles. The zero-order valence-electron chi connectivity index (χ0n) is 11.8. The van der Waals surface area contributed by atoms with E-state index in [1.54, 1.807) is 6.07 Å². The lowest BCUT2D eigenvalue weighted by Crippen LogP contribution is -2.18. The molecule has 0 aromatic heterocycles. The van der Waals surface area contributed by atoms with E-state index in [1.165, 1.54) is 0 Å². The molecule has 0 atom stereocenters. The van der Waals surface area contributed by atoms with Gasteiger partial charge in [-0.15, -0.1) is 0 Å². The van der Waals surface area contributed by atoms with Crippen molar-refractivity contribution in [1.29, 1.82) is 5.41 Å². The smallest absolute Gasteiger partial charge is 0.203 e. The highest BCUT2D eigenvalue weighted by Crippen LogP contribution is 2.27. The molecule has 4 heteroatoms. The van der Waals surface area contributed by atoms with E-state index in [2.05, 4.69) is 11.8 Å². The molecule has 2 rings (SSSR count). The molecule has 0 radical (unpaired) electrons. The van der Waals surface area contributed by atoms with Gasteiger partial charge in [0, 0.05) is 28.5 Å². The Kier molecular flexibility index (Phi) is 5.12. The normalized spacial score (nSPS) is 10.2. The summed E-state index contributed by atoms with van der Waals surface area (Å²) in [7, 11) is 0. The van der Waals surface area contributed by atoms with Crippen LogP contribution in [0.3, 0.4) is 0 Å². The Labute approximate surface area is 129 Å². The highest BCUT2D eigenvalue weighted by atomic mass is 35.5. The quantitative estimate of drug-likeness (QED) is 0.619. The maximum absolute atomic E-state index is 11.6. The highest BCUT2D eigenvalue weighted by Gasteiger charge is 2.10. The summed E-state index contributed by atoms with van der Waals surface area (Å²) in [6, 6.07) is 15.0. The molecule has 0 spiro atoms. The van der Waals surface area contributed by atoms with E-state index in [0.717, 1.165) is 30.6 Å². The Balaban J connectivity index is 2.40. The number of hydrogen-bond acceptors (Lipinski definition) is 3. The SMILES string of the molecule is CCCN(c1ccc(Cl)cc1)c1cccc(C(=O)C=N)c1. The molecule has 0 saturated carbocycles. The average Bonchev–Trinajstić information content (AvgIpc) is 2.53. The fourth-order valence-corrected chi connectivity index (χ4v) is 2.29. The third kappa shape index (κ3) is 3.70. The van der Waals surface area contributed by atoms with E-state index in [0.29, 0.717) is 10.6 Å². The van der Waals surface area contributed by atoms with Crippen molar-refractivity contribution < 1.29 is 4.79 Å². The summed E-state index contributed by atoms with van der Waals surface area (Å²) >= 11 is 5.94. The van der Waals surface area contributed by atoms with Gasteiger partial charge in [-0.1, -0.05) is 30.7 Å². The van der Waals surface area contributed by atoms with Gasteiger partial charge in [0.05, 0.1) is 6.21 Å². The zero-order chi connectivity index (χ0) is 15.2. The third-order valence-electron chi connectivity index (χ3n) is 3.16. The van der Waals surface area contributed by atoms with Crippen LogP contribution < -0.4 is 4.90 Å². The molecule has 0 saturated heterocycles. The molecule has 1 N–H and O–H groups in total. The highest BCUT2D eigenvalue weighted by molar-refractivity contribution is 6.34. The molecule has 3 nitrogen and oxygen atoms in total. The summed E-state index contributed by atoms with van der Waals surface area (Å²) in [6.45, 7) is 2.94. The van der Waals surface area contributed by atoms with E-state index in [1.807, 2.05) is 42.5 Å². The summed E-state index contributed by atoms with van der Waals surface area (Å²) in [5.41, 5.74) is 2.49. The first kappa shape index (κ1) is 15.3. The Morgan fingerprint density at radius 1 is 1.19 bits per heavy atom. The number of ketones is 1. The van der Waals surface area contributed by atoms with Crippen LogP contribution in [0.4, 0.5) is 11.4 Å². The third-order valence-corrected chi connectivity index (χ3v) is 3.41. The summed E-state index contributed by atoms with van der Waals surface area (Å²) in [6.07, 6.45) is 1.82. The Morgan fingerprint density at radius 3 is 2.52 bits per heavy atom. The lowest BCUT2D eigenvalue weighted by Gasteiger charge is -2.25. The number of benzene rings is 2. The number of anilines is 2. The molecule has 0 heterocycles. The molecule has 0 bridgehead atoms. The second-order valence-corrected chi connectivity index (χ2v) is 5.12. The molecular weight excluding hydrogens is 284 g/mol. The number of Topliss-reactive ketones (excluding diaryl/α,β-unsaturated/α-hetero) is 1. The van der Waals surface area contributed by atoms with E-state index in [-0.39, 0.29) is 5.78 Å². The molecule has 0 fully saturated rings. The molecule has 0 amide bonds. The summed E-state index contributed by atoms with van der Waals surface area (Å²) in [5, 5.41) is 7.79. The first-order valence-corrected chi connectivity index (χ1v) is 7.21. The molecule has 21 heavy (non-hydrogen) atoms. The van der Waals surface area contributed by atoms with Crippen molar-refractivity contribution in [3.05, 3.63) is 59.1 Å². The van der Waals surface area contributed by atoms with Crippen LogP contribution in [-0.2, 0) is 0 Å². The second kappa shape index (κ2) is 7.04. The number of carbonyl (C=O) groups excluding carboxylic acids is 1. The predicted molar refractivity (Wildman–Crippen MR) is 88.3 cm³/mol. The van der Waals surface area contributed by atoms with Crippen LogP contribution in [-0.4, -0.2) is 18.5 Å². The predicted octanol–water partition coefficient (Wildman–Crippen LogP) is 4.72. The maximum atomic E-state index is 11.6. The van der Waals surface area contributed by atoms with Gasteiger partial charge in [-0.05, 0) is 42.8 Å². The topological polar surface area (TPSA) is 44.2 Å². The number of carbonyl (C=O) groups is 1. The van der Waals surface area contributed by atoms with Crippen LogP contribution in [0, 0.1) is 5.41 Å². The van der Waals surface area contributed by atoms with Gasteiger partial charge in [0.2, 0.25) is 5.78 Å². The fraction of sp³-hybridized carbons (Fsp3) is 0.176. The standard InChI is InChI=1S/C17H17ClN2O/c1-2-10-20(15-8-6-14(18)7-9-15)16-5-3-4-13(11-16)17(21)12-19/h3-9,11-12,19H,2,10H2,1H3. The van der Waals surface area contributed by atoms with Gasteiger partial charge in [0.15, 0.2) is 0 Å². The minimum Gasteiger partial charge on any atom is -0.341 e. The molecular formula is C17H17ClN2O. The van der Waals surface area contributed by atoms with E-state index >= 15 is 0 Å². The maximum Gasteiger partial charge on any atom is 0.203 e. The van der Waals surface area contributed by atoms with Crippen LogP contribution in [0.25, 0.3) is 0 Å². The van der Waals surface area contributed by atoms with Crippen molar-refractivity contribution in [3.63, 3.8) is 0 Å². The summed E-state index contributed by atoms with van der Waals surface area (Å²) < 4.78 is 0. The number of nitrogens with one attached hydrogen (secondary N) is 1. The Bertz CT molecular complexity index is 637. The van der Waals surface area contributed by atoms with Crippen molar-refractivity contribution >= 4 is 35.0 Å². The minimum absolute atomic E-state index is 0.288. The van der Waals surface area contributed by atoms with Crippen molar-refractivity contribution in [2.45, 2.75) is 13.3 Å². The van der Waals surface area contributed by atoms with Gasteiger partial charge in [0.1, 0.15) is 0 Å². The lowest BCUT2D eigenvalue weighted by atomic mass is 10.1. The van der Waals surface area contributed by atoms with Crippen LogP contribution in [0.1, 0.15) is 23.7 Å². The van der Waals surface area contributed by atoms with Crippen LogP contribution in [0.15, 0.2) is 48.5 Å². The minimum atomic E-state index is -0.288. The lowest BCUT2D eigenvalue weighted by molar-refractivity contribution is 0.107. The van der Waals surface area contributed by atoms with Gasteiger partial charge in [-0.3, -0.25) is 4.79 Å². The fourth-order valence-electron chi connectivity index (χ4n) is 2.16. The molecule has 0 unspecified atom stereocenters. The van der Waals surface area contributed by atoms with E-state index in [9.17, 15) is 4.79 Å². The van der Waals surface area contributed by atoms with E-state index in [4.69, 9.17) is 17.0 Å².